The maximum atomic E-state index is 9.81. The first-order valence-corrected chi connectivity index (χ1v) is 12.2. The average Bonchev–Trinajstić information content (AvgIpc) is 2.74. The molecule has 1 heteroatoms. The van der Waals surface area contributed by atoms with Crippen LogP contribution in [0.1, 0.15) is 117 Å². The lowest BCUT2D eigenvalue weighted by molar-refractivity contribution is 0.0559. The van der Waals surface area contributed by atoms with Gasteiger partial charge in [-0.3, -0.25) is 0 Å². The van der Waals surface area contributed by atoms with E-state index in [9.17, 15) is 5.11 Å². The van der Waals surface area contributed by atoms with Crippen molar-refractivity contribution in [2.24, 2.45) is 0 Å². The SMILES string of the molecule is CC.CC.CC1(C)CCC(C)(C)c2ccccc21.Cc1ccc(C(C)C(C)(C)O)cc1. The van der Waals surface area contributed by atoms with Crippen molar-refractivity contribution in [3.05, 3.63) is 70.8 Å². The van der Waals surface area contributed by atoms with E-state index in [0.717, 1.165) is 0 Å². The molecule has 0 bridgehead atoms. The van der Waals surface area contributed by atoms with Crippen LogP contribution in [0.15, 0.2) is 48.5 Å². The third kappa shape index (κ3) is 8.45. The Morgan fingerprint density at radius 3 is 1.42 bits per heavy atom. The van der Waals surface area contributed by atoms with Crippen LogP contribution in [0, 0.1) is 6.92 Å². The second-order valence-electron chi connectivity index (χ2n) is 10.1. The Morgan fingerprint density at radius 1 is 0.742 bits per heavy atom. The van der Waals surface area contributed by atoms with Crippen molar-refractivity contribution in [2.45, 2.75) is 118 Å². The molecule has 3 rings (SSSR count). The normalized spacial score (nSPS) is 16.7. The van der Waals surface area contributed by atoms with Gasteiger partial charge in [0.25, 0.3) is 0 Å². The van der Waals surface area contributed by atoms with Gasteiger partial charge < -0.3 is 5.11 Å². The second kappa shape index (κ2) is 12.4. The van der Waals surface area contributed by atoms with E-state index in [-0.39, 0.29) is 5.92 Å². The van der Waals surface area contributed by atoms with Gasteiger partial charge in [0, 0.05) is 5.92 Å². The fraction of sp³-hybridized carbons (Fsp3) is 0.600. The van der Waals surface area contributed by atoms with Crippen LogP contribution in [0.5, 0.6) is 0 Å². The quantitative estimate of drug-likeness (QED) is 0.508. The number of aryl methyl sites for hydroxylation is 1. The molecule has 0 saturated heterocycles. The van der Waals surface area contributed by atoms with Crippen LogP contribution in [0.2, 0.25) is 0 Å². The van der Waals surface area contributed by atoms with Gasteiger partial charge in [-0.15, -0.1) is 0 Å². The van der Waals surface area contributed by atoms with Crippen molar-refractivity contribution in [1.82, 2.24) is 0 Å². The molecule has 0 saturated carbocycles. The number of hydrogen-bond donors (Lipinski definition) is 1. The van der Waals surface area contributed by atoms with Crippen LogP contribution in [0.4, 0.5) is 0 Å². The highest BCUT2D eigenvalue weighted by atomic mass is 16.3. The van der Waals surface area contributed by atoms with Crippen molar-refractivity contribution in [3.63, 3.8) is 0 Å². The van der Waals surface area contributed by atoms with Crippen LogP contribution < -0.4 is 0 Å². The van der Waals surface area contributed by atoms with Gasteiger partial charge in [0.05, 0.1) is 5.60 Å². The first kappa shape index (κ1) is 29.4. The van der Waals surface area contributed by atoms with E-state index in [2.05, 4.69) is 83.1 Å². The van der Waals surface area contributed by atoms with Crippen LogP contribution in [0.25, 0.3) is 0 Å². The van der Waals surface area contributed by atoms with Gasteiger partial charge in [-0.1, -0.05) is 116 Å². The molecule has 0 fully saturated rings. The molecule has 0 aromatic heterocycles. The summed E-state index contributed by atoms with van der Waals surface area (Å²) in [4.78, 5) is 0. The predicted molar refractivity (Wildman–Crippen MR) is 140 cm³/mol. The van der Waals surface area contributed by atoms with E-state index in [1.54, 1.807) is 11.1 Å². The Balaban J connectivity index is 0.000000502. The Morgan fingerprint density at radius 2 is 1.10 bits per heavy atom. The second-order valence-corrected chi connectivity index (χ2v) is 10.1. The lowest BCUT2D eigenvalue weighted by Gasteiger charge is -2.41. The van der Waals surface area contributed by atoms with E-state index >= 15 is 0 Å². The number of fused-ring (bicyclic) bond motifs is 1. The van der Waals surface area contributed by atoms with Gasteiger partial charge in [0.15, 0.2) is 0 Å². The van der Waals surface area contributed by atoms with Gasteiger partial charge >= 0.3 is 0 Å². The van der Waals surface area contributed by atoms with Crippen molar-refractivity contribution in [1.29, 1.82) is 0 Å². The van der Waals surface area contributed by atoms with Gasteiger partial charge in [0.2, 0.25) is 0 Å². The first-order valence-electron chi connectivity index (χ1n) is 12.2. The van der Waals surface area contributed by atoms with Crippen LogP contribution in [-0.2, 0) is 10.8 Å². The fourth-order valence-corrected chi connectivity index (χ4v) is 3.82. The largest absolute Gasteiger partial charge is 0.390 e. The highest BCUT2D eigenvalue weighted by molar-refractivity contribution is 5.40. The first-order chi connectivity index (χ1) is 14.3. The molecule has 1 N–H and O–H groups in total. The topological polar surface area (TPSA) is 20.2 Å². The molecule has 176 valence electrons. The summed E-state index contributed by atoms with van der Waals surface area (Å²) in [5, 5.41) is 9.81. The summed E-state index contributed by atoms with van der Waals surface area (Å²) in [6.45, 7) is 25.3. The molecule has 0 radical (unpaired) electrons. The van der Waals surface area contributed by atoms with E-state index in [1.807, 2.05) is 48.5 Å². The number of rotatable bonds is 2. The zero-order valence-corrected chi connectivity index (χ0v) is 22.6. The monoisotopic (exact) mass is 426 g/mol. The molecule has 1 aliphatic rings. The van der Waals surface area contributed by atoms with E-state index in [4.69, 9.17) is 0 Å². The van der Waals surface area contributed by atoms with Crippen molar-refractivity contribution < 1.29 is 5.11 Å². The number of benzene rings is 2. The Kier molecular flexibility index (Phi) is 11.8. The summed E-state index contributed by atoms with van der Waals surface area (Å²) in [7, 11) is 0. The maximum Gasteiger partial charge on any atom is 0.0657 e. The van der Waals surface area contributed by atoms with E-state index < -0.39 is 5.60 Å². The van der Waals surface area contributed by atoms with E-state index in [0.29, 0.717) is 10.8 Å². The summed E-state index contributed by atoms with van der Waals surface area (Å²) in [6, 6.07) is 17.3. The molecular weight excluding hydrogens is 376 g/mol. The summed E-state index contributed by atoms with van der Waals surface area (Å²) < 4.78 is 0. The zero-order valence-electron chi connectivity index (χ0n) is 22.6. The Bertz CT molecular complexity index is 710. The lowest BCUT2D eigenvalue weighted by Crippen LogP contribution is -2.33. The summed E-state index contributed by atoms with van der Waals surface area (Å²) in [6.07, 6.45) is 2.61. The van der Waals surface area contributed by atoms with Gasteiger partial charge in [0.1, 0.15) is 0 Å². The smallest absolute Gasteiger partial charge is 0.0657 e. The molecule has 1 nitrogen and oxygen atoms in total. The molecular formula is C30H50O. The molecule has 31 heavy (non-hydrogen) atoms. The third-order valence-electron chi connectivity index (χ3n) is 6.40. The Labute approximate surface area is 194 Å². The van der Waals surface area contributed by atoms with Crippen molar-refractivity contribution in [2.75, 3.05) is 0 Å². The minimum absolute atomic E-state index is 0.174. The molecule has 0 aliphatic heterocycles. The third-order valence-corrected chi connectivity index (χ3v) is 6.40. The zero-order chi connectivity index (χ0) is 24.5. The van der Waals surface area contributed by atoms with Gasteiger partial charge in [-0.2, -0.15) is 0 Å². The summed E-state index contributed by atoms with van der Waals surface area (Å²) in [5.41, 5.74) is 5.64. The van der Waals surface area contributed by atoms with Crippen LogP contribution in [0.3, 0.4) is 0 Å². The molecule has 0 heterocycles. The molecule has 0 amide bonds. The highest BCUT2D eigenvalue weighted by Crippen LogP contribution is 2.45. The van der Waals surface area contributed by atoms with Crippen molar-refractivity contribution >= 4 is 0 Å². The average molecular weight is 427 g/mol. The fourth-order valence-electron chi connectivity index (χ4n) is 3.82. The van der Waals surface area contributed by atoms with E-state index in [1.165, 1.54) is 24.0 Å². The minimum Gasteiger partial charge on any atom is -0.390 e. The lowest BCUT2D eigenvalue weighted by atomic mass is 9.63. The molecule has 0 spiro atoms. The van der Waals surface area contributed by atoms with Gasteiger partial charge in [-0.05, 0) is 61.1 Å². The van der Waals surface area contributed by atoms with Gasteiger partial charge in [-0.25, -0.2) is 0 Å². The highest BCUT2D eigenvalue weighted by Gasteiger charge is 2.36. The predicted octanol–water partition coefficient (Wildman–Crippen LogP) is 8.96. The molecule has 2 aromatic rings. The standard InChI is InChI=1S/C14H20.C12H18O.2C2H6/c1-13(2)9-10-14(3,4)12-8-6-5-7-11(12)13;1-9-5-7-11(8-6-9)10(2)12(3,4)13;2*1-2/h5-8H,9-10H2,1-4H3;5-8,10,13H,1-4H3;2*1-2H3. The summed E-state index contributed by atoms with van der Waals surface area (Å²) >= 11 is 0. The molecule has 1 unspecified atom stereocenters. The Hall–Kier alpha value is -1.60. The minimum atomic E-state index is -0.644. The molecule has 2 aromatic carbocycles. The number of aliphatic hydroxyl groups is 1. The maximum absolute atomic E-state index is 9.81. The number of hydrogen-bond acceptors (Lipinski definition) is 1. The van der Waals surface area contributed by atoms with Crippen LogP contribution >= 0.6 is 0 Å². The van der Waals surface area contributed by atoms with Crippen LogP contribution in [-0.4, -0.2) is 10.7 Å². The van der Waals surface area contributed by atoms with Crippen molar-refractivity contribution in [3.8, 4) is 0 Å². The molecule has 1 atom stereocenters. The summed E-state index contributed by atoms with van der Waals surface area (Å²) in [5.74, 6) is 0.174. The molecule has 1 aliphatic carbocycles.